The van der Waals surface area contributed by atoms with Crippen molar-refractivity contribution in [2.24, 2.45) is 5.92 Å². The van der Waals surface area contributed by atoms with Gasteiger partial charge >= 0.3 is 0 Å². The summed E-state index contributed by atoms with van der Waals surface area (Å²) >= 11 is 9.37. The van der Waals surface area contributed by atoms with Gasteiger partial charge in [0.15, 0.2) is 0 Å². The molecular formula is C7H13O2PS2. The number of thiol groups is 1. The molecule has 4 unspecified atom stereocenters. The predicted molar refractivity (Wildman–Crippen MR) is 56.0 cm³/mol. The molecule has 70 valence electrons. The van der Waals surface area contributed by atoms with Gasteiger partial charge in [-0.05, 0) is 31.6 Å². The van der Waals surface area contributed by atoms with Crippen LogP contribution in [0.1, 0.15) is 26.2 Å². The minimum Gasteiger partial charge on any atom is -0.318 e. The van der Waals surface area contributed by atoms with Gasteiger partial charge in [0.1, 0.15) is 0 Å². The molecule has 2 aliphatic rings. The van der Waals surface area contributed by atoms with Crippen LogP contribution in [-0.4, -0.2) is 12.2 Å². The highest BCUT2D eigenvalue weighted by Crippen LogP contribution is 2.62. The Bertz CT molecular complexity index is 233. The molecule has 0 N–H and O–H groups in total. The first-order valence-electron chi connectivity index (χ1n) is 4.28. The summed E-state index contributed by atoms with van der Waals surface area (Å²) in [6.45, 7) is 2.09. The lowest BCUT2D eigenvalue weighted by Gasteiger charge is -2.36. The fourth-order valence-electron chi connectivity index (χ4n) is 2.11. The van der Waals surface area contributed by atoms with Gasteiger partial charge in [-0.25, -0.2) is 0 Å². The molecule has 0 amide bonds. The highest BCUT2D eigenvalue weighted by atomic mass is 32.9. The quantitative estimate of drug-likeness (QED) is 0.504. The molecule has 0 aromatic heterocycles. The second kappa shape index (κ2) is 3.25. The van der Waals surface area contributed by atoms with E-state index < -0.39 is 5.69 Å². The molecule has 2 fully saturated rings. The van der Waals surface area contributed by atoms with Gasteiger partial charge in [-0.3, -0.25) is 0 Å². The predicted octanol–water partition coefficient (Wildman–Crippen LogP) is 2.74. The maximum absolute atomic E-state index is 5.64. The zero-order valence-corrected chi connectivity index (χ0v) is 9.58. The van der Waals surface area contributed by atoms with Crippen LogP contribution in [0, 0.1) is 5.92 Å². The van der Waals surface area contributed by atoms with Crippen molar-refractivity contribution in [2.75, 3.05) is 0 Å². The van der Waals surface area contributed by atoms with Crippen LogP contribution in [0.4, 0.5) is 0 Å². The topological polar surface area (TPSA) is 18.5 Å². The molecule has 0 radical (unpaired) electrons. The standard InChI is InChI=1S/C7H13O2PS2/c1-5-6-3-2-4-7(6)9-10(11,12)8-5/h5-7H,2-4H2,1H3,(H,11,12). The Morgan fingerprint density at radius 3 is 2.92 bits per heavy atom. The maximum atomic E-state index is 5.64. The number of rotatable bonds is 0. The third-order valence-electron chi connectivity index (χ3n) is 2.67. The van der Waals surface area contributed by atoms with E-state index in [0.717, 1.165) is 6.42 Å². The Morgan fingerprint density at radius 2 is 2.17 bits per heavy atom. The van der Waals surface area contributed by atoms with E-state index >= 15 is 0 Å². The normalized spacial score (nSPS) is 53.7. The maximum Gasteiger partial charge on any atom is 0.244 e. The molecule has 1 saturated heterocycles. The van der Waals surface area contributed by atoms with Crippen LogP contribution < -0.4 is 0 Å². The van der Waals surface area contributed by atoms with Gasteiger partial charge in [-0.1, -0.05) is 18.7 Å². The Kier molecular flexibility index (Phi) is 2.56. The van der Waals surface area contributed by atoms with E-state index in [0.29, 0.717) is 12.0 Å². The highest BCUT2D eigenvalue weighted by molar-refractivity contribution is 8.60. The Morgan fingerprint density at radius 1 is 1.42 bits per heavy atom. The van der Waals surface area contributed by atoms with Gasteiger partial charge in [0.05, 0.1) is 12.2 Å². The van der Waals surface area contributed by atoms with Gasteiger partial charge in [0.2, 0.25) is 5.69 Å². The molecule has 1 aliphatic heterocycles. The van der Waals surface area contributed by atoms with E-state index in [9.17, 15) is 0 Å². The molecule has 0 spiro atoms. The van der Waals surface area contributed by atoms with Crippen LogP contribution in [0.2, 0.25) is 0 Å². The average molecular weight is 224 g/mol. The summed E-state index contributed by atoms with van der Waals surface area (Å²) in [7, 11) is 0. The summed E-state index contributed by atoms with van der Waals surface area (Å²) in [6, 6.07) is 0. The first-order chi connectivity index (χ1) is 5.58. The van der Waals surface area contributed by atoms with Crippen molar-refractivity contribution >= 4 is 29.7 Å². The van der Waals surface area contributed by atoms with Gasteiger partial charge in [-0.15, -0.1) is 0 Å². The van der Waals surface area contributed by atoms with E-state index in [-0.39, 0.29) is 6.10 Å². The van der Waals surface area contributed by atoms with Gasteiger partial charge < -0.3 is 9.05 Å². The monoisotopic (exact) mass is 224 g/mol. The number of hydrogen-bond donors (Lipinski definition) is 1. The molecule has 1 heterocycles. The van der Waals surface area contributed by atoms with E-state index in [2.05, 4.69) is 19.2 Å². The largest absolute Gasteiger partial charge is 0.318 e. The van der Waals surface area contributed by atoms with Crippen molar-refractivity contribution in [3.05, 3.63) is 0 Å². The van der Waals surface area contributed by atoms with E-state index in [4.69, 9.17) is 20.9 Å². The summed E-state index contributed by atoms with van der Waals surface area (Å²) in [6.07, 6.45) is 4.17. The van der Waals surface area contributed by atoms with E-state index in [1.807, 2.05) is 0 Å². The third-order valence-corrected chi connectivity index (χ3v) is 4.89. The van der Waals surface area contributed by atoms with Crippen molar-refractivity contribution in [3.8, 4) is 0 Å². The van der Waals surface area contributed by atoms with Crippen LogP contribution in [0.25, 0.3) is 0 Å². The summed E-state index contributed by atoms with van der Waals surface area (Å²) in [5.41, 5.74) is -2.18. The first-order valence-corrected chi connectivity index (χ1v) is 8.07. The summed E-state index contributed by atoms with van der Waals surface area (Å²) in [5, 5.41) is 0. The molecule has 2 rings (SSSR count). The lowest BCUT2D eigenvalue weighted by Crippen LogP contribution is -2.32. The molecule has 0 aromatic rings. The molecular weight excluding hydrogens is 211 g/mol. The second-order valence-corrected chi connectivity index (χ2v) is 8.71. The van der Waals surface area contributed by atoms with Crippen LogP contribution in [0.3, 0.4) is 0 Å². The van der Waals surface area contributed by atoms with E-state index in [1.54, 1.807) is 0 Å². The Labute approximate surface area is 83.3 Å². The minimum atomic E-state index is -2.18. The van der Waals surface area contributed by atoms with Crippen LogP contribution >= 0.6 is 17.9 Å². The Hall–Kier alpha value is 0.920. The van der Waals surface area contributed by atoms with Crippen LogP contribution in [0.15, 0.2) is 0 Å². The van der Waals surface area contributed by atoms with Crippen molar-refractivity contribution in [3.63, 3.8) is 0 Å². The summed E-state index contributed by atoms with van der Waals surface area (Å²) in [4.78, 5) is 0. The number of fused-ring (bicyclic) bond motifs is 1. The zero-order valence-electron chi connectivity index (χ0n) is 6.97. The summed E-state index contributed by atoms with van der Waals surface area (Å²) < 4.78 is 11.2. The van der Waals surface area contributed by atoms with Crippen molar-refractivity contribution in [1.82, 2.24) is 0 Å². The molecule has 1 aliphatic carbocycles. The smallest absolute Gasteiger partial charge is 0.244 e. The van der Waals surface area contributed by atoms with Crippen molar-refractivity contribution in [1.29, 1.82) is 0 Å². The molecule has 12 heavy (non-hydrogen) atoms. The molecule has 1 saturated carbocycles. The van der Waals surface area contributed by atoms with Crippen LogP contribution in [-0.2, 0) is 20.9 Å². The van der Waals surface area contributed by atoms with Gasteiger partial charge in [0.25, 0.3) is 0 Å². The molecule has 0 aromatic carbocycles. The van der Waals surface area contributed by atoms with Gasteiger partial charge in [-0.2, -0.15) is 0 Å². The fraction of sp³-hybridized carbons (Fsp3) is 1.00. The highest BCUT2D eigenvalue weighted by Gasteiger charge is 2.41. The lowest BCUT2D eigenvalue weighted by atomic mass is 10.0. The SMILES string of the molecule is CC1OP(=S)(S)OC2CCCC12. The lowest BCUT2D eigenvalue weighted by molar-refractivity contribution is 0.0238. The molecule has 4 atom stereocenters. The second-order valence-electron chi connectivity index (χ2n) is 3.52. The molecule has 0 bridgehead atoms. The fourth-order valence-corrected chi connectivity index (χ4v) is 4.89. The molecule has 5 heteroatoms. The van der Waals surface area contributed by atoms with Crippen molar-refractivity contribution in [2.45, 2.75) is 38.4 Å². The first kappa shape index (κ1) is 9.47. The van der Waals surface area contributed by atoms with E-state index in [1.165, 1.54) is 12.8 Å². The third kappa shape index (κ3) is 1.73. The zero-order chi connectivity index (χ0) is 8.77. The summed E-state index contributed by atoms with van der Waals surface area (Å²) in [5.74, 6) is 0.563. The average Bonchev–Trinajstić information content (AvgIpc) is 2.31. The van der Waals surface area contributed by atoms with Crippen molar-refractivity contribution < 1.29 is 9.05 Å². The Balaban J connectivity index is 2.15. The molecule has 2 nitrogen and oxygen atoms in total. The van der Waals surface area contributed by atoms with Gasteiger partial charge in [0, 0.05) is 5.92 Å². The van der Waals surface area contributed by atoms with Crippen LogP contribution in [0.5, 0.6) is 0 Å². The number of hydrogen-bond acceptors (Lipinski definition) is 3. The minimum absolute atomic E-state index is 0.245.